The minimum atomic E-state index is -3.68. The van der Waals surface area contributed by atoms with Gasteiger partial charge in [-0.2, -0.15) is 4.31 Å². The van der Waals surface area contributed by atoms with E-state index in [-0.39, 0.29) is 29.5 Å². The van der Waals surface area contributed by atoms with E-state index in [1.807, 2.05) is 30.3 Å². The Morgan fingerprint density at radius 1 is 0.893 bits per heavy atom. The van der Waals surface area contributed by atoms with E-state index in [9.17, 15) is 18.0 Å². The quantitative estimate of drug-likeness (QED) is 0.767. The van der Waals surface area contributed by atoms with Crippen LogP contribution in [-0.4, -0.2) is 55.6 Å². The van der Waals surface area contributed by atoms with Crippen LogP contribution >= 0.6 is 0 Å². The van der Waals surface area contributed by atoms with Gasteiger partial charge in [-0.3, -0.25) is 9.59 Å². The van der Waals surface area contributed by atoms with Crippen LogP contribution in [0.5, 0.6) is 0 Å². The van der Waals surface area contributed by atoms with E-state index in [1.165, 1.54) is 34.6 Å². The fraction of sp³-hybridized carbons (Fsp3) is 0.200. The number of nitrogens with two attached hydrogens (primary N) is 1. The van der Waals surface area contributed by atoms with Crippen molar-refractivity contribution in [3.05, 3.63) is 71.8 Å². The maximum absolute atomic E-state index is 12.7. The molecule has 2 N–H and O–H groups in total. The number of rotatable bonds is 5. The zero-order valence-electron chi connectivity index (χ0n) is 15.2. The molecule has 0 saturated carbocycles. The molecule has 28 heavy (non-hydrogen) atoms. The van der Waals surface area contributed by atoms with Crippen LogP contribution in [0.4, 0.5) is 0 Å². The van der Waals surface area contributed by atoms with E-state index in [4.69, 9.17) is 5.73 Å². The van der Waals surface area contributed by atoms with E-state index in [1.54, 1.807) is 11.0 Å². The summed E-state index contributed by atoms with van der Waals surface area (Å²) in [6.45, 7) is 1.06. The molecular weight excluding hydrogens is 378 g/mol. The highest BCUT2D eigenvalue weighted by Gasteiger charge is 2.29. The second-order valence-electron chi connectivity index (χ2n) is 6.36. The first-order valence-corrected chi connectivity index (χ1v) is 10.2. The molecule has 3 rings (SSSR count). The second kappa shape index (κ2) is 8.37. The van der Waals surface area contributed by atoms with Crippen LogP contribution in [0.25, 0.3) is 6.08 Å². The highest BCUT2D eigenvalue weighted by atomic mass is 32.2. The molecule has 8 heteroatoms. The van der Waals surface area contributed by atoms with Gasteiger partial charge in [-0.15, -0.1) is 0 Å². The van der Waals surface area contributed by atoms with Gasteiger partial charge in [0, 0.05) is 37.8 Å². The summed E-state index contributed by atoms with van der Waals surface area (Å²) in [4.78, 5) is 25.2. The predicted octanol–water partition coefficient (Wildman–Crippen LogP) is 1.33. The van der Waals surface area contributed by atoms with Crippen molar-refractivity contribution in [2.45, 2.75) is 4.90 Å². The molecule has 0 spiro atoms. The normalized spacial score (nSPS) is 15.6. The van der Waals surface area contributed by atoms with Gasteiger partial charge in [0.15, 0.2) is 0 Å². The Kier molecular flexibility index (Phi) is 5.91. The summed E-state index contributed by atoms with van der Waals surface area (Å²) in [5.74, 6) is -0.758. The lowest BCUT2D eigenvalue weighted by atomic mass is 10.2. The Morgan fingerprint density at radius 3 is 2.07 bits per heavy atom. The first-order valence-electron chi connectivity index (χ1n) is 8.80. The Morgan fingerprint density at radius 2 is 1.50 bits per heavy atom. The van der Waals surface area contributed by atoms with Crippen LogP contribution in [0.15, 0.2) is 65.6 Å². The van der Waals surface area contributed by atoms with Crippen LogP contribution in [-0.2, 0) is 14.8 Å². The van der Waals surface area contributed by atoms with Crippen molar-refractivity contribution < 1.29 is 18.0 Å². The molecule has 2 amide bonds. The van der Waals surface area contributed by atoms with Gasteiger partial charge in [-0.25, -0.2) is 8.42 Å². The summed E-state index contributed by atoms with van der Waals surface area (Å²) in [6.07, 6.45) is 3.24. The average Bonchev–Trinajstić information content (AvgIpc) is 2.73. The van der Waals surface area contributed by atoms with Crippen molar-refractivity contribution in [1.29, 1.82) is 0 Å². The van der Waals surface area contributed by atoms with Crippen molar-refractivity contribution in [2.24, 2.45) is 5.73 Å². The first-order chi connectivity index (χ1) is 13.4. The van der Waals surface area contributed by atoms with Crippen molar-refractivity contribution in [1.82, 2.24) is 9.21 Å². The molecule has 0 aliphatic carbocycles. The smallest absolute Gasteiger partial charge is 0.248 e. The minimum absolute atomic E-state index is 0.0984. The van der Waals surface area contributed by atoms with E-state index < -0.39 is 15.9 Å². The maximum Gasteiger partial charge on any atom is 0.248 e. The van der Waals surface area contributed by atoms with Crippen LogP contribution < -0.4 is 5.73 Å². The molecule has 1 saturated heterocycles. The number of piperazine rings is 1. The molecule has 1 aliphatic heterocycles. The molecule has 1 heterocycles. The highest BCUT2D eigenvalue weighted by molar-refractivity contribution is 7.89. The van der Waals surface area contributed by atoms with Crippen LogP contribution in [0.2, 0.25) is 0 Å². The third-order valence-corrected chi connectivity index (χ3v) is 6.46. The predicted molar refractivity (Wildman–Crippen MR) is 106 cm³/mol. The zero-order valence-corrected chi connectivity index (χ0v) is 16.0. The third-order valence-electron chi connectivity index (χ3n) is 4.54. The van der Waals surface area contributed by atoms with Crippen LogP contribution in [0.1, 0.15) is 15.9 Å². The van der Waals surface area contributed by atoms with E-state index in [2.05, 4.69) is 0 Å². The largest absolute Gasteiger partial charge is 0.366 e. The molecule has 0 unspecified atom stereocenters. The lowest BCUT2D eigenvalue weighted by molar-refractivity contribution is -0.127. The molecule has 0 bridgehead atoms. The van der Waals surface area contributed by atoms with Gasteiger partial charge in [-0.05, 0) is 35.9 Å². The number of carbonyl (C=O) groups excluding carboxylic acids is 2. The summed E-state index contributed by atoms with van der Waals surface area (Å²) in [5, 5.41) is 0. The number of hydrogen-bond acceptors (Lipinski definition) is 4. The van der Waals surface area contributed by atoms with Gasteiger partial charge in [0.25, 0.3) is 0 Å². The number of sulfonamides is 1. The Bertz CT molecular complexity index is 978. The number of primary amides is 1. The third kappa shape index (κ3) is 4.47. The molecule has 0 radical (unpaired) electrons. The fourth-order valence-electron chi connectivity index (χ4n) is 2.93. The van der Waals surface area contributed by atoms with Crippen molar-refractivity contribution in [2.75, 3.05) is 26.2 Å². The van der Waals surface area contributed by atoms with Gasteiger partial charge in [0.2, 0.25) is 21.8 Å². The monoisotopic (exact) mass is 399 g/mol. The molecule has 0 aromatic heterocycles. The van der Waals surface area contributed by atoms with Crippen LogP contribution in [0, 0.1) is 0 Å². The maximum atomic E-state index is 12.7. The summed E-state index contributed by atoms with van der Waals surface area (Å²) < 4.78 is 26.8. The lowest BCUT2D eigenvalue weighted by Crippen LogP contribution is -2.50. The standard InChI is InChI=1S/C20H21N3O4S/c21-20(25)17-7-9-18(10-8-17)28(26,27)23-14-12-22(13-15-23)19(24)11-6-16-4-2-1-3-5-16/h1-11H,12-15H2,(H2,21,25)/b11-6+. The summed E-state index contributed by atoms with van der Waals surface area (Å²) in [6, 6.07) is 15.0. The molecular formula is C20H21N3O4S. The van der Waals surface area contributed by atoms with Gasteiger partial charge in [0.05, 0.1) is 4.90 Å². The van der Waals surface area contributed by atoms with Crippen LogP contribution in [0.3, 0.4) is 0 Å². The topological polar surface area (TPSA) is 101 Å². The van der Waals surface area contributed by atoms with Crippen molar-refractivity contribution in [3.63, 3.8) is 0 Å². The van der Waals surface area contributed by atoms with E-state index >= 15 is 0 Å². The number of nitrogens with zero attached hydrogens (tertiary/aromatic N) is 2. The molecule has 2 aromatic carbocycles. The summed E-state index contributed by atoms with van der Waals surface area (Å²) in [7, 11) is -3.68. The molecule has 2 aromatic rings. The SMILES string of the molecule is NC(=O)c1ccc(S(=O)(=O)N2CCN(C(=O)/C=C/c3ccccc3)CC2)cc1. The fourth-order valence-corrected chi connectivity index (χ4v) is 4.35. The minimum Gasteiger partial charge on any atom is -0.366 e. The van der Waals surface area contributed by atoms with Crippen molar-refractivity contribution >= 4 is 27.9 Å². The number of hydrogen-bond donors (Lipinski definition) is 1. The number of amides is 2. The molecule has 1 aliphatic rings. The van der Waals surface area contributed by atoms with Gasteiger partial charge >= 0.3 is 0 Å². The molecule has 146 valence electrons. The van der Waals surface area contributed by atoms with E-state index in [0.717, 1.165) is 5.56 Å². The van der Waals surface area contributed by atoms with E-state index in [0.29, 0.717) is 13.1 Å². The Labute approximate surface area is 164 Å². The van der Waals surface area contributed by atoms with Gasteiger partial charge in [-0.1, -0.05) is 30.3 Å². The summed E-state index contributed by atoms with van der Waals surface area (Å²) >= 11 is 0. The number of carbonyl (C=O) groups is 2. The zero-order chi connectivity index (χ0) is 20.1. The second-order valence-corrected chi connectivity index (χ2v) is 8.30. The molecule has 7 nitrogen and oxygen atoms in total. The Hall–Kier alpha value is -2.97. The average molecular weight is 399 g/mol. The van der Waals surface area contributed by atoms with Gasteiger partial charge in [0.1, 0.15) is 0 Å². The van der Waals surface area contributed by atoms with Crippen molar-refractivity contribution in [3.8, 4) is 0 Å². The Balaban J connectivity index is 1.61. The molecule has 0 atom stereocenters. The molecule has 1 fully saturated rings. The summed E-state index contributed by atoms with van der Waals surface area (Å²) in [5.41, 5.74) is 6.36. The first kappa shape index (κ1) is 19.8. The lowest BCUT2D eigenvalue weighted by Gasteiger charge is -2.33. The highest BCUT2D eigenvalue weighted by Crippen LogP contribution is 2.18. The number of benzene rings is 2. The van der Waals surface area contributed by atoms with Gasteiger partial charge < -0.3 is 10.6 Å².